The molecule has 1 aliphatic heterocycles. The molecule has 1 fully saturated rings. The van der Waals surface area contributed by atoms with Crippen molar-refractivity contribution in [2.75, 3.05) is 39.8 Å². The molecule has 0 aliphatic carbocycles. The number of hydrogen-bond donors (Lipinski definition) is 1. The van der Waals surface area contributed by atoms with E-state index in [0.29, 0.717) is 38.7 Å². The van der Waals surface area contributed by atoms with Crippen molar-refractivity contribution in [2.24, 2.45) is 21.2 Å². The molecule has 1 aliphatic rings. The van der Waals surface area contributed by atoms with Gasteiger partial charge in [0.1, 0.15) is 0 Å². The number of nitrogens with zero attached hydrogens (tertiary/aromatic N) is 5. The molecule has 17 heavy (non-hydrogen) atoms. The maximum absolute atomic E-state index is 11.4. The zero-order chi connectivity index (χ0) is 12.7. The number of ether oxygens (including phenoxy) is 1. The molecule has 0 radical (unpaired) electrons. The lowest BCUT2D eigenvalue weighted by Crippen LogP contribution is -2.52. The molecule has 0 atom stereocenters. The first kappa shape index (κ1) is 13.2. The Bertz CT molecular complexity index is 309. The maximum atomic E-state index is 11.4. The fourth-order valence-electron chi connectivity index (χ4n) is 1.49. The van der Waals surface area contributed by atoms with Crippen molar-refractivity contribution in [1.82, 2.24) is 9.80 Å². The highest BCUT2D eigenvalue weighted by Gasteiger charge is 2.22. The second kappa shape index (κ2) is 6.66. The van der Waals surface area contributed by atoms with Crippen LogP contribution in [0.2, 0.25) is 0 Å². The predicted octanol–water partition coefficient (Wildman–Crippen LogP) is 0.0722. The number of guanidine groups is 1. The average molecular weight is 242 g/mol. The standard InChI is InChI=1S/C9H18N6O2/c1-3-17-9(16)15-6-4-14(5-7-15)8(10)12-13-11-2/h3-7H2,1-2H3,(H2,10,11,12). The van der Waals surface area contributed by atoms with Crippen LogP contribution in [-0.4, -0.2) is 61.7 Å². The third-order valence-electron chi connectivity index (χ3n) is 2.37. The molecular formula is C9H18N6O2. The van der Waals surface area contributed by atoms with Gasteiger partial charge in [-0.2, -0.15) is 5.11 Å². The van der Waals surface area contributed by atoms with E-state index in [1.54, 1.807) is 11.8 Å². The van der Waals surface area contributed by atoms with Crippen LogP contribution >= 0.6 is 0 Å². The molecule has 1 saturated heterocycles. The van der Waals surface area contributed by atoms with Crippen LogP contribution in [0.25, 0.3) is 0 Å². The Labute approximate surface area is 100 Å². The van der Waals surface area contributed by atoms with E-state index in [2.05, 4.69) is 15.4 Å². The van der Waals surface area contributed by atoms with Crippen LogP contribution in [0.3, 0.4) is 0 Å². The van der Waals surface area contributed by atoms with E-state index in [-0.39, 0.29) is 6.09 Å². The molecule has 0 aromatic rings. The summed E-state index contributed by atoms with van der Waals surface area (Å²) in [5.74, 6) is 0.319. The summed E-state index contributed by atoms with van der Waals surface area (Å²) in [6, 6.07) is 0. The highest BCUT2D eigenvalue weighted by molar-refractivity contribution is 5.78. The number of rotatable bonds is 2. The summed E-state index contributed by atoms with van der Waals surface area (Å²) < 4.78 is 4.92. The third kappa shape index (κ3) is 3.89. The normalized spacial score (nSPS) is 17.6. The van der Waals surface area contributed by atoms with E-state index in [0.717, 1.165) is 0 Å². The molecule has 0 unspecified atom stereocenters. The molecular weight excluding hydrogens is 224 g/mol. The molecule has 8 nitrogen and oxygen atoms in total. The lowest BCUT2D eigenvalue weighted by atomic mass is 10.3. The van der Waals surface area contributed by atoms with Gasteiger partial charge in [0.15, 0.2) is 0 Å². The number of piperazine rings is 1. The van der Waals surface area contributed by atoms with Gasteiger partial charge in [-0.05, 0) is 12.1 Å². The maximum Gasteiger partial charge on any atom is 0.409 e. The van der Waals surface area contributed by atoms with Crippen molar-refractivity contribution in [1.29, 1.82) is 0 Å². The van der Waals surface area contributed by atoms with Crippen molar-refractivity contribution in [3.8, 4) is 0 Å². The van der Waals surface area contributed by atoms with Gasteiger partial charge < -0.3 is 20.3 Å². The van der Waals surface area contributed by atoms with Crippen LogP contribution in [0, 0.1) is 0 Å². The number of amides is 1. The van der Waals surface area contributed by atoms with Crippen LogP contribution < -0.4 is 5.73 Å². The summed E-state index contributed by atoms with van der Waals surface area (Å²) >= 11 is 0. The zero-order valence-corrected chi connectivity index (χ0v) is 10.2. The van der Waals surface area contributed by atoms with Crippen molar-refractivity contribution >= 4 is 12.1 Å². The van der Waals surface area contributed by atoms with Gasteiger partial charge in [-0.1, -0.05) is 5.10 Å². The van der Waals surface area contributed by atoms with E-state index >= 15 is 0 Å². The second-order valence-corrected chi connectivity index (χ2v) is 3.42. The van der Waals surface area contributed by atoms with Crippen LogP contribution in [-0.2, 0) is 4.74 Å². The first-order valence-corrected chi connectivity index (χ1v) is 5.48. The molecule has 0 spiro atoms. The Morgan fingerprint density at radius 1 is 1.29 bits per heavy atom. The molecule has 1 heterocycles. The highest BCUT2D eigenvalue weighted by atomic mass is 16.6. The van der Waals surface area contributed by atoms with E-state index in [1.165, 1.54) is 7.05 Å². The smallest absolute Gasteiger partial charge is 0.409 e. The van der Waals surface area contributed by atoms with Crippen molar-refractivity contribution in [2.45, 2.75) is 6.92 Å². The number of nitrogens with two attached hydrogens (primary N) is 1. The van der Waals surface area contributed by atoms with Gasteiger partial charge in [-0.15, -0.1) is 0 Å². The third-order valence-corrected chi connectivity index (χ3v) is 2.37. The molecule has 1 amide bonds. The predicted molar refractivity (Wildman–Crippen MR) is 62.6 cm³/mol. The molecule has 0 bridgehead atoms. The van der Waals surface area contributed by atoms with Gasteiger partial charge in [0.05, 0.1) is 13.7 Å². The Morgan fingerprint density at radius 2 is 1.88 bits per heavy atom. The van der Waals surface area contributed by atoms with Crippen molar-refractivity contribution < 1.29 is 9.53 Å². The topological polar surface area (TPSA) is 95.9 Å². The van der Waals surface area contributed by atoms with Crippen molar-refractivity contribution in [3.05, 3.63) is 0 Å². The summed E-state index contributed by atoms with van der Waals surface area (Å²) in [6.45, 7) is 4.55. The van der Waals surface area contributed by atoms with Gasteiger partial charge >= 0.3 is 6.09 Å². The Morgan fingerprint density at radius 3 is 2.41 bits per heavy atom. The Hall–Kier alpha value is -1.86. The fraction of sp³-hybridized carbons (Fsp3) is 0.778. The SMILES string of the molecule is CCOC(=O)N1CCN(/C(N)=N/N=NC)CC1. The quantitative estimate of drug-likeness (QED) is 0.321. The average Bonchev–Trinajstić information content (AvgIpc) is 2.36. The van der Waals surface area contributed by atoms with Crippen LogP contribution in [0.15, 0.2) is 15.4 Å². The van der Waals surface area contributed by atoms with Crippen LogP contribution in [0.1, 0.15) is 6.92 Å². The Kier molecular flexibility index (Phi) is 5.18. The van der Waals surface area contributed by atoms with E-state index in [4.69, 9.17) is 10.5 Å². The second-order valence-electron chi connectivity index (χ2n) is 3.42. The fourth-order valence-corrected chi connectivity index (χ4v) is 1.49. The minimum atomic E-state index is -0.282. The molecule has 2 N–H and O–H groups in total. The summed E-state index contributed by atoms with van der Waals surface area (Å²) in [5, 5.41) is 10.7. The number of carbonyl (C=O) groups is 1. The molecule has 0 aromatic heterocycles. The van der Waals surface area contributed by atoms with Gasteiger partial charge in [0.25, 0.3) is 0 Å². The summed E-state index contributed by atoms with van der Waals surface area (Å²) in [5.41, 5.74) is 5.70. The van der Waals surface area contributed by atoms with E-state index in [9.17, 15) is 4.79 Å². The van der Waals surface area contributed by atoms with E-state index < -0.39 is 0 Å². The first-order chi connectivity index (χ1) is 8.19. The summed E-state index contributed by atoms with van der Waals surface area (Å²) in [4.78, 5) is 14.9. The monoisotopic (exact) mass is 242 g/mol. The minimum Gasteiger partial charge on any atom is -0.450 e. The van der Waals surface area contributed by atoms with Gasteiger partial charge in [-0.25, -0.2) is 4.79 Å². The molecule has 0 saturated carbocycles. The molecule has 1 rings (SSSR count). The van der Waals surface area contributed by atoms with Gasteiger partial charge in [0, 0.05) is 26.2 Å². The van der Waals surface area contributed by atoms with Crippen molar-refractivity contribution in [3.63, 3.8) is 0 Å². The lowest BCUT2D eigenvalue weighted by Gasteiger charge is -2.34. The largest absolute Gasteiger partial charge is 0.450 e. The van der Waals surface area contributed by atoms with Crippen LogP contribution in [0.5, 0.6) is 0 Å². The van der Waals surface area contributed by atoms with Gasteiger partial charge in [-0.3, -0.25) is 0 Å². The first-order valence-electron chi connectivity index (χ1n) is 5.48. The summed E-state index contributed by atoms with van der Waals surface area (Å²) in [6.07, 6.45) is -0.282. The van der Waals surface area contributed by atoms with Gasteiger partial charge in [0.2, 0.25) is 5.96 Å². The highest BCUT2D eigenvalue weighted by Crippen LogP contribution is 2.03. The minimum absolute atomic E-state index is 0.282. The number of carbonyl (C=O) groups excluding carboxylic acids is 1. The molecule has 0 aromatic carbocycles. The van der Waals surface area contributed by atoms with Crippen LogP contribution in [0.4, 0.5) is 4.79 Å². The van der Waals surface area contributed by atoms with E-state index in [1.807, 2.05) is 4.90 Å². The molecule has 8 heteroatoms. The number of hydrogen-bond acceptors (Lipinski definition) is 4. The molecule has 96 valence electrons. The summed E-state index contributed by atoms with van der Waals surface area (Å²) in [7, 11) is 1.52. The Balaban J connectivity index is 2.42. The lowest BCUT2D eigenvalue weighted by molar-refractivity contribution is 0.0918. The zero-order valence-electron chi connectivity index (χ0n) is 10.2.